The quantitative estimate of drug-likeness (QED) is 0.599. The van der Waals surface area contributed by atoms with Gasteiger partial charge in [-0.25, -0.2) is 0 Å². The Morgan fingerprint density at radius 3 is 2.54 bits per heavy atom. The van der Waals surface area contributed by atoms with Gasteiger partial charge in [-0.3, -0.25) is 4.79 Å². The second-order valence-corrected chi connectivity index (χ2v) is 3.78. The van der Waals surface area contributed by atoms with Crippen molar-refractivity contribution in [1.82, 2.24) is 0 Å². The molecule has 0 aliphatic carbocycles. The smallest absolute Gasteiger partial charge is 0.320 e. The highest BCUT2D eigenvalue weighted by molar-refractivity contribution is 5.72. The van der Waals surface area contributed by atoms with Gasteiger partial charge in [0.1, 0.15) is 6.04 Å². The van der Waals surface area contributed by atoms with Crippen LogP contribution in [0.4, 0.5) is 0 Å². The van der Waals surface area contributed by atoms with E-state index in [9.17, 15) is 4.79 Å². The van der Waals surface area contributed by atoms with Gasteiger partial charge in [-0.15, -0.1) is 0 Å². The van der Waals surface area contributed by atoms with Crippen LogP contribution >= 0.6 is 0 Å². The minimum absolute atomic E-state index is 0.428. The molecule has 0 aromatic rings. The molecule has 0 rings (SSSR count). The van der Waals surface area contributed by atoms with Gasteiger partial charge in [-0.2, -0.15) is 0 Å². The Labute approximate surface area is 80.3 Å². The number of unbranched alkanes of at least 4 members (excludes halogenated alkanes) is 2. The normalized spacial score (nSPS) is 15.3. The fourth-order valence-electron chi connectivity index (χ4n) is 1.39. The Hall–Kier alpha value is -0.570. The summed E-state index contributed by atoms with van der Waals surface area (Å²) in [5.41, 5.74) is 5.42. The Bertz CT molecular complexity index is 148. The van der Waals surface area contributed by atoms with E-state index >= 15 is 0 Å². The number of aliphatic carboxylic acids is 1. The van der Waals surface area contributed by atoms with E-state index in [1.165, 1.54) is 19.3 Å². The standard InChI is InChI=1S/C10H21NO2/c1-3-4-5-6-8(2)7-9(11)10(12)13/h8-9H,3-7,11H2,1-2H3,(H,12,13)/t8?,9-/m0/s1. The molecule has 0 bridgehead atoms. The van der Waals surface area contributed by atoms with E-state index in [0.29, 0.717) is 12.3 Å². The van der Waals surface area contributed by atoms with Crippen molar-refractivity contribution in [2.45, 2.75) is 52.0 Å². The topological polar surface area (TPSA) is 63.3 Å². The van der Waals surface area contributed by atoms with Crippen molar-refractivity contribution >= 4 is 5.97 Å². The average Bonchev–Trinajstić information content (AvgIpc) is 2.04. The highest BCUT2D eigenvalue weighted by atomic mass is 16.4. The lowest BCUT2D eigenvalue weighted by Crippen LogP contribution is -2.31. The van der Waals surface area contributed by atoms with Gasteiger partial charge in [-0.05, 0) is 12.3 Å². The molecule has 1 unspecified atom stereocenters. The first-order valence-corrected chi connectivity index (χ1v) is 5.06. The third-order valence-corrected chi connectivity index (χ3v) is 2.27. The lowest BCUT2D eigenvalue weighted by Gasteiger charge is -2.13. The molecule has 3 heteroatoms. The number of carbonyl (C=O) groups is 1. The second kappa shape index (κ2) is 6.89. The molecule has 13 heavy (non-hydrogen) atoms. The summed E-state index contributed by atoms with van der Waals surface area (Å²) >= 11 is 0. The highest BCUT2D eigenvalue weighted by Crippen LogP contribution is 2.14. The van der Waals surface area contributed by atoms with Gasteiger partial charge in [0.05, 0.1) is 0 Å². The summed E-state index contributed by atoms with van der Waals surface area (Å²) < 4.78 is 0. The zero-order valence-electron chi connectivity index (χ0n) is 8.62. The van der Waals surface area contributed by atoms with Crippen LogP contribution in [0.25, 0.3) is 0 Å². The maximum Gasteiger partial charge on any atom is 0.320 e. The Balaban J connectivity index is 3.49. The minimum atomic E-state index is -0.887. The van der Waals surface area contributed by atoms with Gasteiger partial charge < -0.3 is 10.8 Å². The molecule has 0 saturated heterocycles. The zero-order valence-corrected chi connectivity index (χ0v) is 8.62. The monoisotopic (exact) mass is 187 g/mol. The van der Waals surface area contributed by atoms with E-state index in [2.05, 4.69) is 13.8 Å². The van der Waals surface area contributed by atoms with Crippen molar-refractivity contribution in [1.29, 1.82) is 0 Å². The van der Waals surface area contributed by atoms with Gasteiger partial charge in [0.15, 0.2) is 0 Å². The molecule has 0 aliphatic rings. The number of nitrogens with two attached hydrogens (primary N) is 1. The zero-order chi connectivity index (χ0) is 10.3. The number of hydrogen-bond donors (Lipinski definition) is 2. The molecule has 0 amide bonds. The van der Waals surface area contributed by atoms with Crippen molar-refractivity contribution < 1.29 is 9.90 Å². The molecule has 0 spiro atoms. The van der Waals surface area contributed by atoms with Crippen molar-refractivity contribution in [2.75, 3.05) is 0 Å². The molecule has 2 atom stereocenters. The Morgan fingerprint density at radius 2 is 2.08 bits per heavy atom. The molecule has 3 N–H and O–H groups in total. The maximum atomic E-state index is 10.4. The summed E-state index contributed by atoms with van der Waals surface area (Å²) in [5, 5.41) is 8.58. The SMILES string of the molecule is CCCCCC(C)C[C@H](N)C(=O)O. The summed E-state index contributed by atoms with van der Waals surface area (Å²) in [5.74, 6) is -0.458. The molecule has 0 heterocycles. The summed E-state index contributed by atoms with van der Waals surface area (Å²) in [6.45, 7) is 4.23. The maximum absolute atomic E-state index is 10.4. The van der Waals surface area contributed by atoms with E-state index in [0.717, 1.165) is 6.42 Å². The van der Waals surface area contributed by atoms with Crippen molar-refractivity contribution in [2.24, 2.45) is 11.7 Å². The van der Waals surface area contributed by atoms with E-state index in [-0.39, 0.29) is 0 Å². The predicted molar refractivity (Wildman–Crippen MR) is 53.5 cm³/mol. The molecule has 78 valence electrons. The average molecular weight is 187 g/mol. The molecule has 0 aromatic carbocycles. The summed E-state index contributed by atoms with van der Waals surface area (Å²) in [4.78, 5) is 10.4. The van der Waals surface area contributed by atoms with Crippen LogP contribution in [0.15, 0.2) is 0 Å². The minimum Gasteiger partial charge on any atom is -0.480 e. The Kier molecular flexibility index (Phi) is 6.59. The van der Waals surface area contributed by atoms with Gasteiger partial charge >= 0.3 is 5.97 Å². The number of carboxylic acids is 1. The van der Waals surface area contributed by atoms with Crippen molar-refractivity contribution in [3.8, 4) is 0 Å². The third kappa shape index (κ3) is 6.58. The molecule has 3 nitrogen and oxygen atoms in total. The molecule has 0 aromatic heterocycles. The number of hydrogen-bond acceptors (Lipinski definition) is 2. The first-order chi connectivity index (χ1) is 6.07. The third-order valence-electron chi connectivity index (χ3n) is 2.27. The second-order valence-electron chi connectivity index (χ2n) is 3.78. The van der Waals surface area contributed by atoms with Gasteiger partial charge in [0.25, 0.3) is 0 Å². The van der Waals surface area contributed by atoms with Crippen LogP contribution in [0.3, 0.4) is 0 Å². The van der Waals surface area contributed by atoms with Crippen molar-refractivity contribution in [3.63, 3.8) is 0 Å². The summed E-state index contributed by atoms with van der Waals surface area (Å²) in [6, 6.07) is -0.684. The van der Waals surface area contributed by atoms with Gasteiger partial charge in [0.2, 0.25) is 0 Å². The fourth-order valence-corrected chi connectivity index (χ4v) is 1.39. The largest absolute Gasteiger partial charge is 0.480 e. The van der Waals surface area contributed by atoms with Crippen LogP contribution in [0.5, 0.6) is 0 Å². The first-order valence-electron chi connectivity index (χ1n) is 5.06. The van der Waals surface area contributed by atoms with Crippen LogP contribution in [-0.2, 0) is 4.79 Å². The van der Waals surface area contributed by atoms with Crippen LogP contribution in [0.1, 0.15) is 46.0 Å². The fraction of sp³-hybridized carbons (Fsp3) is 0.900. The molecule has 0 fully saturated rings. The van der Waals surface area contributed by atoms with Gasteiger partial charge in [-0.1, -0.05) is 39.5 Å². The van der Waals surface area contributed by atoms with Gasteiger partial charge in [0, 0.05) is 0 Å². The predicted octanol–water partition coefficient (Wildman–Crippen LogP) is 2.00. The first kappa shape index (κ1) is 12.4. The molecule has 0 aliphatic heterocycles. The van der Waals surface area contributed by atoms with E-state index in [4.69, 9.17) is 10.8 Å². The lowest BCUT2D eigenvalue weighted by atomic mass is 9.96. The molecular formula is C10H21NO2. The summed E-state index contributed by atoms with van der Waals surface area (Å²) in [7, 11) is 0. The number of carboxylic acid groups (broad SMARTS) is 1. The van der Waals surface area contributed by atoms with Crippen LogP contribution in [0, 0.1) is 5.92 Å². The lowest BCUT2D eigenvalue weighted by molar-refractivity contribution is -0.138. The molecule has 0 radical (unpaired) electrons. The summed E-state index contributed by atoms with van der Waals surface area (Å²) in [6.07, 6.45) is 5.31. The molecule has 0 saturated carbocycles. The Morgan fingerprint density at radius 1 is 1.46 bits per heavy atom. The number of rotatable bonds is 7. The van der Waals surface area contributed by atoms with E-state index < -0.39 is 12.0 Å². The van der Waals surface area contributed by atoms with Crippen LogP contribution < -0.4 is 5.73 Å². The van der Waals surface area contributed by atoms with Crippen molar-refractivity contribution in [3.05, 3.63) is 0 Å². The van der Waals surface area contributed by atoms with Crippen LogP contribution in [0.2, 0.25) is 0 Å². The highest BCUT2D eigenvalue weighted by Gasteiger charge is 2.14. The molecular weight excluding hydrogens is 166 g/mol. The van der Waals surface area contributed by atoms with E-state index in [1.54, 1.807) is 0 Å². The van der Waals surface area contributed by atoms with Crippen LogP contribution in [-0.4, -0.2) is 17.1 Å². The van der Waals surface area contributed by atoms with E-state index in [1.807, 2.05) is 0 Å².